The van der Waals surface area contributed by atoms with Gasteiger partial charge in [-0.25, -0.2) is 9.44 Å². The van der Waals surface area contributed by atoms with Crippen LogP contribution in [-0.2, 0) is 18.8 Å². The topological polar surface area (TPSA) is 78.8 Å². The van der Waals surface area contributed by atoms with Gasteiger partial charge < -0.3 is 9.64 Å². The Bertz CT molecular complexity index is 1210. The van der Waals surface area contributed by atoms with Gasteiger partial charge in [-0.15, -0.1) is 0 Å². The van der Waals surface area contributed by atoms with E-state index < -0.39 is 0 Å². The van der Waals surface area contributed by atoms with Crippen LogP contribution in [0.4, 0.5) is 5.82 Å². The molecule has 0 radical (unpaired) electrons. The molecule has 0 bridgehead atoms. The predicted molar refractivity (Wildman–Crippen MR) is 127 cm³/mol. The van der Waals surface area contributed by atoms with Crippen molar-refractivity contribution >= 4 is 45.3 Å². The number of aryl methyl sites for hydroxylation is 2. The molecule has 2 atom stereocenters. The maximum atomic E-state index is 5.64. The van der Waals surface area contributed by atoms with Crippen LogP contribution in [0.15, 0.2) is 30.6 Å². The second-order valence-electron chi connectivity index (χ2n) is 7.38. The Morgan fingerprint density at radius 2 is 2.07 bits per heavy atom. The Balaban J connectivity index is 1.78. The van der Waals surface area contributed by atoms with E-state index in [0.717, 1.165) is 46.0 Å². The van der Waals surface area contributed by atoms with Gasteiger partial charge >= 0.3 is 0 Å². The fraction of sp³-hybridized carbons (Fsp3) is 0.368. The molecule has 1 aliphatic rings. The molecule has 9 nitrogen and oxygen atoms in total. The molecular weight excluding hydrogens is 514 g/mol. The van der Waals surface area contributed by atoms with Gasteiger partial charge in [0, 0.05) is 38.6 Å². The first kappa shape index (κ1) is 19.9. The van der Waals surface area contributed by atoms with Crippen molar-refractivity contribution < 1.29 is 4.74 Å². The summed E-state index contributed by atoms with van der Waals surface area (Å²) >= 11 is 2.32. The lowest BCUT2D eigenvalue weighted by Crippen LogP contribution is -2.44. The van der Waals surface area contributed by atoms with Crippen LogP contribution in [0, 0.1) is 0 Å². The number of morpholine rings is 1. The van der Waals surface area contributed by atoms with Crippen LogP contribution < -0.4 is 4.90 Å². The summed E-state index contributed by atoms with van der Waals surface area (Å²) in [4.78, 5) is 7.40. The van der Waals surface area contributed by atoms with Gasteiger partial charge in [0.05, 0.1) is 36.8 Å². The predicted octanol–water partition coefficient (Wildman–Crippen LogP) is 3.25. The molecular formula is C19H22IN8OP. The van der Waals surface area contributed by atoms with Crippen LogP contribution in [0.25, 0.3) is 33.7 Å². The minimum atomic E-state index is 0.252. The molecule has 30 heavy (non-hydrogen) atoms. The quantitative estimate of drug-likeness (QED) is 0.295. The highest BCUT2D eigenvalue weighted by Gasteiger charge is 2.25. The Morgan fingerprint density at radius 1 is 1.20 bits per heavy atom. The molecule has 1 saturated heterocycles. The number of rotatable bonds is 4. The van der Waals surface area contributed by atoms with Gasteiger partial charge in [-0.05, 0) is 47.2 Å². The summed E-state index contributed by atoms with van der Waals surface area (Å²) in [5.74, 6) is 0.930. The number of fused-ring (bicyclic) bond motifs is 1. The van der Waals surface area contributed by atoms with Crippen molar-refractivity contribution in [1.82, 2.24) is 34.1 Å². The Hall–Kier alpha value is -2.04. The van der Waals surface area contributed by atoms with E-state index >= 15 is 0 Å². The third-order valence-electron chi connectivity index (χ3n) is 5.45. The van der Waals surface area contributed by atoms with Gasteiger partial charge in [-0.1, -0.05) is 0 Å². The van der Waals surface area contributed by atoms with Crippen LogP contribution in [0.3, 0.4) is 0 Å². The van der Waals surface area contributed by atoms with Crippen molar-refractivity contribution in [2.45, 2.75) is 13.0 Å². The number of halogens is 1. The third kappa shape index (κ3) is 3.30. The average molecular weight is 536 g/mol. The third-order valence-corrected chi connectivity index (χ3v) is 7.36. The van der Waals surface area contributed by atoms with Crippen molar-refractivity contribution in [3.05, 3.63) is 30.6 Å². The van der Waals surface area contributed by atoms with E-state index in [1.165, 1.54) is 0 Å². The van der Waals surface area contributed by atoms with E-state index in [1.807, 2.05) is 52.4 Å². The Labute approximate surface area is 188 Å². The molecule has 0 spiro atoms. The van der Waals surface area contributed by atoms with Crippen molar-refractivity contribution in [3.63, 3.8) is 0 Å². The van der Waals surface area contributed by atoms with Gasteiger partial charge in [0.1, 0.15) is 22.7 Å². The number of aromatic nitrogens is 7. The second-order valence-corrected chi connectivity index (χ2v) is 9.46. The zero-order valence-electron chi connectivity index (χ0n) is 16.9. The zero-order valence-corrected chi connectivity index (χ0v) is 20.1. The summed E-state index contributed by atoms with van der Waals surface area (Å²) in [6.07, 6.45) is 4.34. The van der Waals surface area contributed by atoms with E-state index in [-0.39, 0.29) is 6.04 Å². The molecule has 0 amide bonds. The van der Waals surface area contributed by atoms with Gasteiger partial charge in [0.25, 0.3) is 0 Å². The van der Waals surface area contributed by atoms with Crippen LogP contribution in [-0.4, -0.2) is 59.9 Å². The zero-order chi connectivity index (χ0) is 20.8. The smallest absolute Gasteiger partial charge is 0.139 e. The number of ether oxygens (including phenoxy) is 1. The minimum absolute atomic E-state index is 0.252. The molecule has 0 saturated carbocycles. The van der Waals surface area contributed by atoms with Crippen molar-refractivity contribution in [2.24, 2.45) is 14.1 Å². The molecule has 5 rings (SSSR count). The maximum absolute atomic E-state index is 5.64. The summed E-state index contributed by atoms with van der Waals surface area (Å²) < 4.78 is 11.4. The van der Waals surface area contributed by atoms with Crippen molar-refractivity contribution in [2.75, 3.05) is 24.7 Å². The normalized spacial score (nSPS) is 17.6. The summed E-state index contributed by atoms with van der Waals surface area (Å²) in [6, 6.07) is 6.43. The number of hydrogen-bond acceptors (Lipinski definition) is 6. The molecule has 1 aliphatic heterocycles. The Morgan fingerprint density at radius 3 is 2.77 bits per heavy atom. The summed E-state index contributed by atoms with van der Waals surface area (Å²) in [5.41, 5.74) is 5.55. The molecule has 0 N–H and O–H groups in total. The maximum Gasteiger partial charge on any atom is 0.139 e. The van der Waals surface area contributed by atoms with Gasteiger partial charge in [-0.3, -0.25) is 9.36 Å². The summed E-state index contributed by atoms with van der Waals surface area (Å²) in [7, 11) is 3.92. The molecule has 0 aliphatic carbocycles. The van der Waals surface area contributed by atoms with E-state index in [4.69, 9.17) is 14.8 Å². The first-order chi connectivity index (χ1) is 14.6. The first-order valence-electron chi connectivity index (χ1n) is 9.70. The van der Waals surface area contributed by atoms with E-state index in [1.54, 1.807) is 0 Å². The minimum Gasteiger partial charge on any atom is -0.377 e. The highest BCUT2D eigenvalue weighted by Crippen LogP contribution is 2.36. The van der Waals surface area contributed by atoms with E-state index in [2.05, 4.69) is 50.1 Å². The summed E-state index contributed by atoms with van der Waals surface area (Å²) in [6.45, 7) is 4.38. The highest BCUT2D eigenvalue weighted by molar-refractivity contribution is 14.2. The number of hydrogen-bond donors (Lipinski definition) is 0. The number of pyridine rings is 1. The van der Waals surface area contributed by atoms with Crippen LogP contribution in [0.2, 0.25) is 0 Å². The Kier molecular flexibility index (Phi) is 5.24. The SMILES string of the molecule is C[C@@H]1COCCN1c1cc(-c2ccnn2C)c2c(n1)c(-c1ccn(PI)n1)nn2C. The van der Waals surface area contributed by atoms with Crippen molar-refractivity contribution in [3.8, 4) is 22.6 Å². The lowest BCUT2D eigenvalue weighted by Gasteiger charge is -2.34. The second kappa shape index (κ2) is 7.90. The molecule has 0 aromatic carbocycles. The van der Waals surface area contributed by atoms with Gasteiger partial charge in [0.2, 0.25) is 0 Å². The van der Waals surface area contributed by atoms with Gasteiger partial charge in [-0.2, -0.15) is 15.3 Å². The van der Waals surface area contributed by atoms with Gasteiger partial charge in [0.15, 0.2) is 0 Å². The first-order valence-corrected chi connectivity index (χ1v) is 13.8. The fourth-order valence-corrected chi connectivity index (χ4v) is 5.07. The van der Waals surface area contributed by atoms with Crippen molar-refractivity contribution in [1.29, 1.82) is 0 Å². The van der Waals surface area contributed by atoms with E-state index in [0.29, 0.717) is 19.6 Å². The molecule has 4 aromatic rings. The largest absolute Gasteiger partial charge is 0.377 e. The lowest BCUT2D eigenvalue weighted by atomic mass is 10.1. The lowest BCUT2D eigenvalue weighted by molar-refractivity contribution is 0.0986. The standard InChI is InChI=1S/C19H22IN8OP/c1-12-11-29-9-8-27(12)16-10-13(15-4-6-21-25(15)2)19-18(22-16)17(24-26(19)3)14-5-7-28(23-14)30-20/h4-7,10,12,30H,8-9,11H2,1-3H3/t12-/m1/s1. The van der Waals surface area contributed by atoms with Crippen LogP contribution in [0.5, 0.6) is 0 Å². The molecule has 1 unspecified atom stereocenters. The monoisotopic (exact) mass is 536 g/mol. The fourth-order valence-electron chi connectivity index (χ4n) is 3.98. The number of nitrogens with zero attached hydrogens (tertiary/aromatic N) is 8. The van der Waals surface area contributed by atoms with E-state index in [9.17, 15) is 0 Å². The average Bonchev–Trinajstić information content (AvgIpc) is 3.46. The molecule has 4 aromatic heterocycles. The van der Waals surface area contributed by atoms with Crippen LogP contribution >= 0.6 is 28.4 Å². The summed E-state index contributed by atoms with van der Waals surface area (Å²) in [5, 5.41) is 13.9. The number of anilines is 1. The molecule has 5 heterocycles. The highest BCUT2D eigenvalue weighted by atomic mass is 127. The molecule has 11 heteroatoms. The van der Waals surface area contributed by atoms with Crippen LogP contribution in [0.1, 0.15) is 6.92 Å². The molecule has 1 fully saturated rings. The molecule has 156 valence electrons.